The zero-order valence-electron chi connectivity index (χ0n) is 7.80. The molecule has 0 aromatic heterocycles. The topological polar surface area (TPSA) is 29.1 Å². The summed E-state index contributed by atoms with van der Waals surface area (Å²) in [5, 5.41) is 2.67. The first kappa shape index (κ1) is 10.6. The van der Waals surface area contributed by atoms with Crippen LogP contribution < -0.4 is 5.32 Å². The van der Waals surface area contributed by atoms with Crippen molar-refractivity contribution in [1.29, 1.82) is 0 Å². The third kappa shape index (κ3) is 2.51. The summed E-state index contributed by atoms with van der Waals surface area (Å²) < 4.78 is 0. The maximum Gasteiger partial charge on any atom is 0.239 e. The summed E-state index contributed by atoms with van der Waals surface area (Å²) >= 11 is 5.38. The predicted molar refractivity (Wildman–Crippen MR) is 58.5 cm³/mol. The number of hydrogen-bond acceptors (Lipinski definition) is 1. The number of carbonyl (C=O) groups excluding carboxylic acids is 1. The number of hydrogen-bond donors (Lipinski definition) is 1. The second kappa shape index (κ2) is 4.69. The highest BCUT2D eigenvalue weighted by molar-refractivity contribution is 6.29. The number of amides is 1. The Morgan fingerprint density at radius 2 is 2.36 bits per heavy atom. The average Bonchev–Trinajstić information content (AvgIpc) is 2.21. The molecule has 0 aliphatic heterocycles. The summed E-state index contributed by atoms with van der Waals surface area (Å²) in [6.07, 6.45) is 5.24. The Morgan fingerprint density at radius 3 is 2.93 bits per heavy atom. The predicted octanol–water partition coefficient (Wildman–Crippen LogP) is 2.15. The van der Waals surface area contributed by atoms with Crippen molar-refractivity contribution in [1.82, 2.24) is 0 Å². The van der Waals surface area contributed by atoms with Crippen LogP contribution in [0.5, 0.6) is 0 Å². The van der Waals surface area contributed by atoms with Gasteiger partial charge in [-0.25, -0.2) is 0 Å². The zero-order valence-corrected chi connectivity index (χ0v) is 8.56. The fourth-order valence-corrected chi connectivity index (χ4v) is 1.10. The fourth-order valence-electron chi connectivity index (χ4n) is 1.03. The maximum atomic E-state index is 11.0. The minimum atomic E-state index is -0.232. The van der Waals surface area contributed by atoms with E-state index in [2.05, 4.69) is 11.2 Å². The normalized spacial score (nSPS) is 9.21. The van der Waals surface area contributed by atoms with Gasteiger partial charge in [-0.2, -0.15) is 0 Å². The molecule has 0 atom stereocenters. The molecular formula is C11H10ClNO. The van der Waals surface area contributed by atoms with Crippen LogP contribution in [-0.2, 0) is 4.79 Å². The van der Waals surface area contributed by atoms with Gasteiger partial charge in [0, 0.05) is 11.3 Å². The van der Waals surface area contributed by atoms with E-state index in [0.717, 1.165) is 11.1 Å². The molecule has 2 nitrogen and oxygen atoms in total. The number of carbonyl (C=O) groups is 1. The highest BCUT2D eigenvalue weighted by Gasteiger charge is 2.03. The number of terminal acetylenes is 1. The van der Waals surface area contributed by atoms with Crippen LogP contribution in [0.25, 0.3) is 0 Å². The number of benzene rings is 1. The molecule has 0 saturated carbocycles. The molecule has 1 N–H and O–H groups in total. The van der Waals surface area contributed by atoms with Crippen molar-refractivity contribution in [3.8, 4) is 12.3 Å². The van der Waals surface area contributed by atoms with E-state index in [4.69, 9.17) is 18.0 Å². The van der Waals surface area contributed by atoms with Crippen LogP contribution in [0.2, 0.25) is 0 Å². The zero-order chi connectivity index (χ0) is 10.6. The lowest BCUT2D eigenvalue weighted by Gasteiger charge is -2.07. The van der Waals surface area contributed by atoms with Gasteiger partial charge < -0.3 is 5.32 Å². The van der Waals surface area contributed by atoms with Crippen molar-refractivity contribution in [2.24, 2.45) is 0 Å². The van der Waals surface area contributed by atoms with Gasteiger partial charge in [-0.1, -0.05) is 12.0 Å². The summed E-state index contributed by atoms with van der Waals surface area (Å²) in [6, 6.07) is 5.44. The van der Waals surface area contributed by atoms with Crippen molar-refractivity contribution in [2.45, 2.75) is 6.92 Å². The number of halogens is 1. The van der Waals surface area contributed by atoms with Gasteiger partial charge in [-0.15, -0.1) is 18.0 Å². The minimum Gasteiger partial charge on any atom is -0.325 e. The van der Waals surface area contributed by atoms with E-state index in [1.54, 1.807) is 6.07 Å². The van der Waals surface area contributed by atoms with Gasteiger partial charge in [0.05, 0.1) is 0 Å². The Hall–Kier alpha value is -1.46. The Morgan fingerprint density at radius 1 is 1.64 bits per heavy atom. The molecule has 3 heteroatoms. The molecule has 0 fully saturated rings. The molecule has 1 amide bonds. The van der Waals surface area contributed by atoms with E-state index < -0.39 is 0 Å². The van der Waals surface area contributed by atoms with E-state index in [1.807, 2.05) is 19.1 Å². The Kier molecular flexibility index (Phi) is 3.55. The molecular weight excluding hydrogens is 198 g/mol. The second-order valence-corrected chi connectivity index (χ2v) is 3.12. The van der Waals surface area contributed by atoms with Crippen molar-refractivity contribution < 1.29 is 4.79 Å². The first-order valence-corrected chi connectivity index (χ1v) is 4.64. The Labute approximate surface area is 88.3 Å². The molecule has 0 aliphatic carbocycles. The number of rotatable bonds is 2. The second-order valence-electron chi connectivity index (χ2n) is 2.86. The molecule has 72 valence electrons. The maximum absolute atomic E-state index is 11.0. The van der Waals surface area contributed by atoms with E-state index in [9.17, 15) is 4.79 Å². The molecule has 1 rings (SSSR count). The molecule has 0 spiro atoms. The highest BCUT2D eigenvalue weighted by Crippen LogP contribution is 2.16. The number of anilines is 1. The third-order valence-electron chi connectivity index (χ3n) is 1.80. The van der Waals surface area contributed by atoms with Crippen LogP contribution in [-0.4, -0.2) is 11.8 Å². The van der Waals surface area contributed by atoms with E-state index >= 15 is 0 Å². The molecule has 0 unspecified atom stereocenters. The third-order valence-corrected chi connectivity index (χ3v) is 2.04. The van der Waals surface area contributed by atoms with E-state index in [0.29, 0.717) is 5.69 Å². The SMILES string of the molecule is C#Cc1ccc(C)c(NC(=O)CCl)c1. The van der Waals surface area contributed by atoms with Gasteiger partial charge in [0.25, 0.3) is 0 Å². The van der Waals surface area contributed by atoms with E-state index in [-0.39, 0.29) is 11.8 Å². The van der Waals surface area contributed by atoms with Gasteiger partial charge in [0.1, 0.15) is 5.88 Å². The molecule has 1 aromatic rings. The quantitative estimate of drug-likeness (QED) is 0.585. The highest BCUT2D eigenvalue weighted by atomic mass is 35.5. The first-order chi connectivity index (χ1) is 6.67. The van der Waals surface area contributed by atoms with Crippen LogP contribution in [0.15, 0.2) is 18.2 Å². The van der Waals surface area contributed by atoms with E-state index in [1.165, 1.54) is 0 Å². The lowest BCUT2D eigenvalue weighted by molar-refractivity contribution is -0.113. The van der Waals surface area contributed by atoms with Gasteiger partial charge in [-0.05, 0) is 24.6 Å². The van der Waals surface area contributed by atoms with Gasteiger partial charge in [0.2, 0.25) is 5.91 Å². The van der Waals surface area contributed by atoms with Crippen LogP contribution in [0.1, 0.15) is 11.1 Å². The fraction of sp³-hybridized carbons (Fsp3) is 0.182. The molecule has 1 aromatic carbocycles. The van der Waals surface area contributed by atoms with Crippen LogP contribution in [0.4, 0.5) is 5.69 Å². The smallest absolute Gasteiger partial charge is 0.239 e. The summed E-state index contributed by atoms with van der Waals surface area (Å²) in [7, 11) is 0. The summed E-state index contributed by atoms with van der Waals surface area (Å²) in [4.78, 5) is 11.0. The van der Waals surface area contributed by atoms with Crippen LogP contribution >= 0.6 is 11.6 Å². The first-order valence-electron chi connectivity index (χ1n) is 4.10. The van der Waals surface area contributed by atoms with Crippen molar-refractivity contribution in [3.05, 3.63) is 29.3 Å². The van der Waals surface area contributed by atoms with Crippen LogP contribution in [0.3, 0.4) is 0 Å². The Balaban J connectivity index is 2.96. The lowest BCUT2D eigenvalue weighted by Crippen LogP contribution is -2.13. The van der Waals surface area contributed by atoms with Gasteiger partial charge >= 0.3 is 0 Å². The molecule has 14 heavy (non-hydrogen) atoms. The molecule has 0 heterocycles. The van der Waals surface area contributed by atoms with Crippen molar-refractivity contribution >= 4 is 23.2 Å². The standard InChI is InChI=1S/C11H10ClNO/c1-3-9-5-4-8(2)10(6-9)13-11(14)7-12/h1,4-6H,7H2,2H3,(H,13,14). The lowest BCUT2D eigenvalue weighted by atomic mass is 10.1. The summed E-state index contributed by atoms with van der Waals surface area (Å²) in [6.45, 7) is 1.89. The molecule has 0 saturated heterocycles. The van der Waals surface area contributed by atoms with Crippen molar-refractivity contribution in [3.63, 3.8) is 0 Å². The summed E-state index contributed by atoms with van der Waals surface area (Å²) in [5.41, 5.74) is 2.41. The monoisotopic (exact) mass is 207 g/mol. The molecule has 0 radical (unpaired) electrons. The average molecular weight is 208 g/mol. The number of nitrogens with one attached hydrogen (secondary N) is 1. The molecule has 0 aliphatic rings. The van der Waals surface area contributed by atoms with Crippen molar-refractivity contribution in [2.75, 3.05) is 11.2 Å². The molecule has 0 bridgehead atoms. The number of alkyl halides is 1. The van der Waals surface area contributed by atoms with Gasteiger partial charge in [-0.3, -0.25) is 4.79 Å². The largest absolute Gasteiger partial charge is 0.325 e. The van der Waals surface area contributed by atoms with Crippen LogP contribution in [0, 0.1) is 19.3 Å². The number of aryl methyl sites for hydroxylation is 1. The Bertz CT molecular complexity index is 393. The minimum absolute atomic E-state index is 0.0558. The summed E-state index contributed by atoms with van der Waals surface area (Å²) in [5.74, 6) is 2.21. The van der Waals surface area contributed by atoms with Gasteiger partial charge in [0.15, 0.2) is 0 Å².